The topological polar surface area (TPSA) is 0 Å². The Morgan fingerprint density at radius 3 is 1.57 bits per heavy atom. The van der Waals surface area contributed by atoms with Gasteiger partial charge in [-0.1, -0.05) is 103 Å². The summed E-state index contributed by atoms with van der Waals surface area (Å²) in [6, 6.07) is 38.8. The second-order valence-corrected chi connectivity index (χ2v) is 7.90. The lowest BCUT2D eigenvalue weighted by Crippen LogP contribution is -1.81. The lowest BCUT2D eigenvalue weighted by molar-refractivity contribution is 1.54. The second kappa shape index (κ2) is 7.65. The molecule has 6 aromatic carbocycles. The zero-order valence-corrected chi connectivity index (χ0v) is 17.4. The first-order valence-electron chi connectivity index (χ1n) is 10.5. The van der Waals surface area contributed by atoms with Crippen molar-refractivity contribution in [2.45, 2.75) is 13.8 Å². The van der Waals surface area contributed by atoms with Crippen molar-refractivity contribution in [2.24, 2.45) is 0 Å². The molecule has 0 heterocycles. The molecule has 0 aliphatic heterocycles. The van der Waals surface area contributed by atoms with E-state index in [2.05, 4.69) is 123 Å². The summed E-state index contributed by atoms with van der Waals surface area (Å²) in [6.45, 7) is 4.37. The fraction of sp³-hybridized carbons (Fsp3) is 0.0667. The molecule has 0 radical (unpaired) electrons. The molecule has 0 N–H and O–H groups in total. The van der Waals surface area contributed by atoms with Gasteiger partial charge in [-0.3, -0.25) is 0 Å². The third kappa shape index (κ3) is 3.21. The summed E-state index contributed by atoms with van der Waals surface area (Å²) >= 11 is 0. The van der Waals surface area contributed by atoms with Crippen LogP contribution in [0.1, 0.15) is 11.1 Å². The number of rotatable bonds is 0. The molecule has 0 spiro atoms. The molecule has 0 aliphatic rings. The highest BCUT2D eigenvalue weighted by Gasteiger charge is 2.02. The fourth-order valence-electron chi connectivity index (χ4n) is 4.49. The average Bonchev–Trinajstić information content (AvgIpc) is 2.80. The van der Waals surface area contributed by atoms with Gasteiger partial charge in [0.05, 0.1) is 0 Å². The summed E-state index contributed by atoms with van der Waals surface area (Å²) in [7, 11) is 0. The first kappa shape index (κ1) is 18.4. The Morgan fingerprint density at radius 1 is 0.400 bits per heavy atom. The molecule has 30 heavy (non-hydrogen) atoms. The van der Waals surface area contributed by atoms with Crippen molar-refractivity contribution in [3.63, 3.8) is 0 Å². The molecule has 144 valence electrons. The van der Waals surface area contributed by atoms with Crippen molar-refractivity contribution in [1.29, 1.82) is 0 Å². The third-order valence-corrected chi connectivity index (χ3v) is 6.02. The highest BCUT2D eigenvalue weighted by Crippen LogP contribution is 2.28. The quantitative estimate of drug-likeness (QED) is 0.182. The largest absolute Gasteiger partial charge is 0.0616 e. The average molecular weight is 385 g/mol. The standard InChI is InChI=1S/2C15H12/c1-11-14-8-4-2-6-12(14)10-13-7-3-5-9-15(11)13;1-11-5-4-7-13-10-9-12-6-2-3-8-14(12)15(11)13/h2*2-10H,1H3. The molecule has 0 aliphatic carbocycles. The molecule has 0 atom stereocenters. The summed E-state index contributed by atoms with van der Waals surface area (Å²) < 4.78 is 0. The van der Waals surface area contributed by atoms with E-state index in [1.54, 1.807) is 0 Å². The minimum absolute atomic E-state index is 1.32. The van der Waals surface area contributed by atoms with Gasteiger partial charge in [0.1, 0.15) is 0 Å². The van der Waals surface area contributed by atoms with Crippen LogP contribution in [0.2, 0.25) is 0 Å². The number of benzene rings is 6. The lowest BCUT2D eigenvalue weighted by Gasteiger charge is -2.06. The van der Waals surface area contributed by atoms with E-state index in [0.29, 0.717) is 0 Å². The normalized spacial score (nSPS) is 11.0. The zero-order valence-electron chi connectivity index (χ0n) is 17.4. The molecular weight excluding hydrogens is 360 g/mol. The highest BCUT2D eigenvalue weighted by atomic mass is 14.1. The molecule has 0 fully saturated rings. The summed E-state index contributed by atoms with van der Waals surface area (Å²) in [5, 5.41) is 10.8. The van der Waals surface area contributed by atoms with Gasteiger partial charge in [0, 0.05) is 0 Å². The number of hydrogen-bond acceptors (Lipinski definition) is 0. The summed E-state index contributed by atoms with van der Waals surface area (Å²) in [6.07, 6.45) is 0. The van der Waals surface area contributed by atoms with Crippen molar-refractivity contribution >= 4 is 43.1 Å². The van der Waals surface area contributed by atoms with Crippen LogP contribution in [-0.4, -0.2) is 0 Å². The molecule has 6 rings (SSSR count). The van der Waals surface area contributed by atoms with Gasteiger partial charge in [0.2, 0.25) is 0 Å². The van der Waals surface area contributed by atoms with Crippen LogP contribution in [-0.2, 0) is 0 Å². The SMILES string of the molecule is Cc1c2ccccc2cc2ccccc12.Cc1cccc2ccc3ccccc3c12. The maximum absolute atomic E-state index is 2.26. The molecule has 0 saturated carbocycles. The minimum atomic E-state index is 1.32. The van der Waals surface area contributed by atoms with E-state index in [4.69, 9.17) is 0 Å². The third-order valence-electron chi connectivity index (χ3n) is 6.02. The minimum Gasteiger partial charge on any atom is -0.0616 e. The molecule has 0 amide bonds. The van der Waals surface area contributed by atoms with Crippen LogP contribution in [0, 0.1) is 13.8 Å². The van der Waals surface area contributed by atoms with E-state index in [-0.39, 0.29) is 0 Å². The molecule has 0 saturated heterocycles. The predicted molar refractivity (Wildman–Crippen MR) is 132 cm³/mol. The van der Waals surface area contributed by atoms with Gasteiger partial charge in [-0.25, -0.2) is 0 Å². The lowest BCUT2D eigenvalue weighted by atomic mass is 9.98. The van der Waals surface area contributed by atoms with E-state index < -0.39 is 0 Å². The van der Waals surface area contributed by atoms with Crippen LogP contribution in [0.4, 0.5) is 0 Å². The Balaban J connectivity index is 0.000000128. The van der Waals surface area contributed by atoms with Crippen molar-refractivity contribution in [2.75, 3.05) is 0 Å². The molecule has 0 heteroatoms. The van der Waals surface area contributed by atoms with Crippen LogP contribution in [0.3, 0.4) is 0 Å². The van der Waals surface area contributed by atoms with E-state index in [0.717, 1.165) is 0 Å². The van der Waals surface area contributed by atoms with Crippen LogP contribution in [0.25, 0.3) is 43.1 Å². The summed E-state index contributed by atoms with van der Waals surface area (Å²) in [4.78, 5) is 0. The van der Waals surface area contributed by atoms with Gasteiger partial charge in [0.25, 0.3) is 0 Å². The number of aryl methyl sites for hydroxylation is 2. The van der Waals surface area contributed by atoms with Gasteiger partial charge in [-0.05, 0) is 74.1 Å². The van der Waals surface area contributed by atoms with Crippen molar-refractivity contribution in [3.8, 4) is 0 Å². The Kier molecular flexibility index (Phi) is 4.69. The Morgan fingerprint density at radius 2 is 0.900 bits per heavy atom. The van der Waals surface area contributed by atoms with E-state index in [9.17, 15) is 0 Å². The van der Waals surface area contributed by atoms with E-state index in [1.807, 2.05) is 0 Å². The van der Waals surface area contributed by atoms with Crippen molar-refractivity contribution < 1.29 is 0 Å². The van der Waals surface area contributed by atoms with Crippen molar-refractivity contribution in [1.82, 2.24) is 0 Å². The highest BCUT2D eigenvalue weighted by molar-refractivity contribution is 6.09. The molecular formula is C30H24. The summed E-state index contributed by atoms with van der Waals surface area (Å²) in [5.41, 5.74) is 2.73. The van der Waals surface area contributed by atoms with Crippen LogP contribution < -0.4 is 0 Å². The van der Waals surface area contributed by atoms with Gasteiger partial charge >= 0.3 is 0 Å². The molecule has 0 bridgehead atoms. The Bertz CT molecular complexity index is 1450. The van der Waals surface area contributed by atoms with Crippen LogP contribution in [0.15, 0.2) is 109 Å². The Labute approximate surface area is 177 Å². The smallest absolute Gasteiger partial charge is 0.00761 e. The fourth-order valence-corrected chi connectivity index (χ4v) is 4.49. The molecule has 6 aromatic rings. The van der Waals surface area contributed by atoms with Gasteiger partial charge in [0.15, 0.2) is 0 Å². The van der Waals surface area contributed by atoms with Crippen LogP contribution >= 0.6 is 0 Å². The zero-order chi connectivity index (χ0) is 20.5. The number of fused-ring (bicyclic) bond motifs is 5. The van der Waals surface area contributed by atoms with Gasteiger partial charge in [-0.15, -0.1) is 0 Å². The maximum atomic E-state index is 2.26. The molecule has 0 aromatic heterocycles. The Hall–Kier alpha value is -3.64. The maximum Gasteiger partial charge on any atom is -0.00761 e. The second-order valence-electron chi connectivity index (χ2n) is 7.90. The summed E-state index contributed by atoms with van der Waals surface area (Å²) in [5.74, 6) is 0. The van der Waals surface area contributed by atoms with E-state index in [1.165, 1.54) is 54.2 Å². The monoisotopic (exact) mass is 384 g/mol. The molecule has 0 nitrogen and oxygen atoms in total. The van der Waals surface area contributed by atoms with Gasteiger partial charge < -0.3 is 0 Å². The van der Waals surface area contributed by atoms with E-state index >= 15 is 0 Å². The first-order chi connectivity index (χ1) is 14.7. The molecule has 0 unspecified atom stereocenters. The van der Waals surface area contributed by atoms with Gasteiger partial charge in [-0.2, -0.15) is 0 Å². The van der Waals surface area contributed by atoms with Crippen molar-refractivity contribution in [3.05, 3.63) is 120 Å². The first-order valence-corrected chi connectivity index (χ1v) is 10.5. The predicted octanol–water partition coefficient (Wildman–Crippen LogP) is 8.60. The van der Waals surface area contributed by atoms with Crippen LogP contribution in [0.5, 0.6) is 0 Å². The number of hydrogen-bond donors (Lipinski definition) is 0.